The van der Waals surface area contributed by atoms with Crippen molar-refractivity contribution in [1.82, 2.24) is 0 Å². The van der Waals surface area contributed by atoms with Gasteiger partial charge in [0.05, 0.1) is 12.2 Å². The van der Waals surface area contributed by atoms with Crippen LogP contribution in [0.25, 0.3) is 0 Å². The van der Waals surface area contributed by atoms with Crippen molar-refractivity contribution in [2.75, 3.05) is 0 Å². The summed E-state index contributed by atoms with van der Waals surface area (Å²) in [5, 5.41) is 20.8. The van der Waals surface area contributed by atoms with Crippen LogP contribution in [0.3, 0.4) is 0 Å². The van der Waals surface area contributed by atoms with Gasteiger partial charge in [-0.15, -0.1) is 0 Å². The number of aliphatic hydroxyl groups excluding tert-OH is 2. The number of aliphatic hydroxyl groups is 2. The lowest BCUT2D eigenvalue weighted by molar-refractivity contribution is -0.0673. The Hall–Kier alpha value is -0.380. The molecule has 2 N–H and O–H groups in total. The molecule has 0 aliphatic heterocycles. The van der Waals surface area contributed by atoms with Gasteiger partial charge in [-0.2, -0.15) is 0 Å². The van der Waals surface area contributed by atoms with Gasteiger partial charge < -0.3 is 10.2 Å². The van der Waals surface area contributed by atoms with Gasteiger partial charge in [0.1, 0.15) is 0 Å². The highest BCUT2D eigenvalue weighted by Crippen LogP contribution is 2.47. The van der Waals surface area contributed by atoms with E-state index in [0.29, 0.717) is 0 Å². The first-order valence-corrected chi connectivity index (χ1v) is 7.06. The number of hydrogen-bond acceptors (Lipinski definition) is 2. The molecule has 1 aliphatic carbocycles. The summed E-state index contributed by atoms with van der Waals surface area (Å²) in [5.41, 5.74) is 2.52. The highest BCUT2D eigenvalue weighted by atomic mass is 79.9. The van der Waals surface area contributed by atoms with Gasteiger partial charge in [-0.3, -0.25) is 0 Å². The zero-order chi connectivity index (χ0) is 13.9. The minimum Gasteiger partial charge on any atom is -0.389 e. The molecule has 0 bridgehead atoms. The van der Waals surface area contributed by atoms with Gasteiger partial charge in [0.25, 0.3) is 0 Å². The summed E-state index contributed by atoms with van der Waals surface area (Å²) in [5.74, 6) is 0. The van der Waals surface area contributed by atoms with E-state index in [1.807, 2.05) is 34.6 Å². The van der Waals surface area contributed by atoms with E-state index in [1.165, 1.54) is 0 Å². The lowest BCUT2D eigenvalue weighted by Crippen LogP contribution is -2.56. The second-order valence-corrected chi connectivity index (χ2v) is 7.33. The van der Waals surface area contributed by atoms with Crippen LogP contribution in [0.15, 0.2) is 16.6 Å². The minimum absolute atomic E-state index is 0.435. The first kappa shape index (κ1) is 14.0. The smallest absolute Gasteiger partial charge is 0.0898 e. The molecule has 0 aromatic heterocycles. The fourth-order valence-corrected chi connectivity index (χ4v) is 3.20. The van der Waals surface area contributed by atoms with Crippen LogP contribution in [0.2, 0.25) is 0 Å². The molecule has 3 heteroatoms. The van der Waals surface area contributed by atoms with E-state index < -0.39 is 23.0 Å². The second-order valence-electron chi connectivity index (χ2n) is 6.48. The van der Waals surface area contributed by atoms with Crippen molar-refractivity contribution >= 4 is 15.9 Å². The Morgan fingerprint density at radius 2 is 1.33 bits per heavy atom. The average molecular weight is 313 g/mol. The predicted molar refractivity (Wildman–Crippen MR) is 76.9 cm³/mol. The number of hydrogen-bond donors (Lipinski definition) is 2. The lowest BCUT2D eigenvalue weighted by atomic mass is 9.60. The third-order valence-corrected chi connectivity index (χ3v) is 5.32. The van der Waals surface area contributed by atoms with Crippen LogP contribution in [-0.4, -0.2) is 22.4 Å². The lowest BCUT2D eigenvalue weighted by Gasteiger charge is -2.49. The molecule has 0 saturated carbocycles. The Bertz CT molecular complexity index is 447. The molecule has 1 aromatic rings. The van der Waals surface area contributed by atoms with Crippen molar-refractivity contribution in [2.45, 2.75) is 57.7 Å². The zero-order valence-corrected chi connectivity index (χ0v) is 13.2. The number of benzene rings is 1. The molecule has 1 aromatic carbocycles. The van der Waals surface area contributed by atoms with Gasteiger partial charge in [-0.1, -0.05) is 49.7 Å². The van der Waals surface area contributed by atoms with Crippen LogP contribution in [0.5, 0.6) is 0 Å². The molecule has 2 rings (SSSR count). The van der Waals surface area contributed by atoms with E-state index in [-0.39, 0.29) is 0 Å². The minimum atomic E-state index is -0.755. The molecule has 100 valence electrons. The Kier molecular flexibility index (Phi) is 3.16. The van der Waals surface area contributed by atoms with Crippen LogP contribution < -0.4 is 0 Å². The summed E-state index contributed by atoms with van der Waals surface area (Å²) in [7, 11) is 0. The maximum Gasteiger partial charge on any atom is 0.0898 e. The van der Waals surface area contributed by atoms with Crippen LogP contribution >= 0.6 is 15.9 Å². The van der Waals surface area contributed by atoms with Crippen molar-refractivity contribution in [1.29, 1.82) is 0 Å². The summed E-state index contributed by atoms with van der Waals surface area (Å²) in [6.07, 6.45) is -1.50. The molecule has 0 saturated heterocycles. The van der Waals surface area contributed by atoms with E-state index >= 15 is 0 Å². The SMILES string of the molecule is Cc1cc2c(cc1Br)C(C)(C)[C@H](O)[C@H](O)C2(C)C. The third kappa shape index (κ3) is 1.75. The van der Waals surface area contributed by atoms with Crippen LogP contribution in [0.4, 0.5) is 0 Å². The molecule has 0 amide bonds. The maximum atomic E-state index is 10.4. The molecule has 0 radical (unpaired) electrons. The van der Waals surface area contributed by atoms with Crippen LogP contribution in [0, 0.1) is 6.92 Å². The Balaban J connectivity index is 2.78. The number of halogens is 1. The first-order chi connectivity index (χ1) is 8.10. The quantitative estimate of drug-likeness (QED) is 0.773. The number of rotatable bonds is 0. The largest absolute Gasteiger partial charge is 0.389 e. The molecule has 18 heavy (non-hydrogen) atoms. The monoisotopic (exact) mass is 312 g/mol. The van der Waals surface area contributed by atoms with Crippen molar-refractivity contribution in [3.05, 3.63) is 33.3 Å². The van der Waals surface area contributed by atoms with E-state index in [1.54, 1.807) is 0 Å². The zero-order valence-electron chi connectivity index (χ0n) is 11.6. The molecular formula is C15H21BrO2. The van der Waals surface area contributed by atoms with Crippen molar-refractivity contribution in [3.63, 3.8) is 0 Å². The van der Waals surface area contributed by atoms with Crippen molar-refractivity contribution in [2.24, 2.45) is 0 Å². The van der Waals surface area contributed by atoms with Gasteiger partial charge >= 0.3 is 0 Å². The first-order valence-electron chi connectivity index (χ1n) is 6.27. The molecule has 2 nitrogen and oxygen atoms in total. The Morgan fingerprint density at radius 1 is 0.944 bits per heavy atom. The predicted octanol–water partition coefficient (Wildman–Crippen LogP) is 3.05. The fourth-order valence-electron chi connectivity index (χ4n) is 2.86. The third-order valence-electron chi connectivity index (χ3n) is 4.47. The van der Waals surface area contributed by atoms with Gasteiger partial charge in [-0.25, -0.2) is 0 Å². The van der Waals surface area contributed by atoms with E-state index in [9.17, 15) is 10.2 Å². The van der Waals surface area contributed by atoms with Gasteiger partial charge in [0.15, 0.2) is 0 Å². The fraction of sp³-hybridized carbons (Fsp3) is 0.600. The summed E-state index contributed by atoms with van der Waals surface area (Å²) in [6, 6.07) is 4.21. The summed E-state index contributed by atoms with van der Waals surface area (Å²) >= 11 is 3.55. The van der Waals surface area contributed by atoms with Crippen LogP contribution in [-0.2, 0) is 10.8 Å². The molecule has 2 atom stereocenters. The van der Waals surface area contributed by atoms with Crippen molar-refractivity contribution in [3.8, 4) is 0 Å². The summed E-state index contributed by atoms with van der Waals surface area (Å²) in [6.45, 7) is 9.99. The van der Waals surface area contributed by atoms with E-state index in [2.05, 4.69) is 28.1 Å². The number of aryl methyl sites for hydroxylation is 1. The summed E-state index contributed by atoms with van der Waals surface area (Å²) < 4.78 is 1.05. The van der Waals surface area contributed by atoms with Gasteiger partial charge in [-0.05, 0) is 29.7 Å². The van der Waals surface area contributed by atoms with Crippen molar-refractivity contribution < 1.29 is 10.2 Å². The van der Waals surface area contributed by atoms with Gasteiger partial charge in [0.2, 0.25) is 0 Å². The molecule has 0 unspecified atom stereocenters. The van der Waals surface area contributed by atoms with Crippen LogP contribution in [0.1, 0.15) is 44.4 Å². The normalized spacial score (nSPS) is 28.9. The summed E-state index contributed by atoms with van der Waals surface area (Å²) in [4.78, 5) is 0. The molecule has 0 heterocycles. The molecule has 0 fully saturated rings. The van der Waals surface area contributed by atoms with E-state index in [4.69, 9.17) is 0 Å². The number of fused-ring (bicyclic) bond motifs is 1. The Labute approximate surface area is 117 Å². The second kappa shape index (κ2) is 4.06. The molecule has 0 spiro atoms. The molecular weight excluding hydrogens is 292 g/mol. The van der Waals surface area contributed by atoms with Gasteiger partial charge in [0, 0.05) is 15.3 Å². The standard InChI is InChI=1S/C15H21BrO2/c1-8-6-9-10(7-11(8)16)15(4,5)13(18)12(17)14(9,2)3/h6-7,12-13,17-18H,1-5H3/t12-,13+/m0/s1. The highest BCUT2D eigenvalue weighted by Gasteiger charge is 2.50. The highest BCUT2D eigenvalue weighted by molar-refractivity contribution is 9.10. The van der Waals surface area contributed by atoms with E-state index in [0.717, 1.165) is 21.2 Å². The molecule has 1 aliphatic rings. The maximum absolute atomic E-state index is 10.4. The topological polar surface area (TPSA) is 40.5 Å². The average Bonchev–Trinajstić information content (AvgIpc) is 2.28. The Morgan fingerprint density at radius 3 is 1.78 bits per heavy atom.